The Morgan fingerprint density at radius 3 is 2.89 bits per heavy atom. The molecular formula is C22H26N4O2. The van der Waals surface area contributed by atoms with Crippen LogP contribution in [0, 0.1) is 6.92 Å². The third-order valence-electron chi connectivity index (χ3n) is 5.57. The first-order chi connectivity index (χ1) is 13.8. The van der Waals surface area contributed by atoms with Crippen molar-refractivity contribution in [2.24, 2.45) is 0 Å². The van der Waals surface area contributed by atoms with Crippen molar-refractivity contribution < 1.29 is 9.47 Å². The minimum absolute atomic E-state index is 0.592. The summed E-state index contributed by atoms with van der Waals surface area (Å²) in [7, 11) is 0. The Labute approximate surface area is 165 Å². The average Bonchev–Trinajstić information content (AvgIpc) is 2.90. The van der Waals surface area contributed by atoms with Crippen LogP contribution >= 0.6 is 0 Å². The third kappa shape index (κ3) is 3.23. The highest BCUT2D eigenvalue weighted by Gasteiger charge is 2.21. The maximum atomic E-state index is 5.81. The number of ether oxygens (including phenoxy) is 2. The Morgan fingerprint density at radius 2 is 1.96 bits per heavy atom. The molecule has 0 atom stereocenters. The van der Waals surface area contributed by atoms with Gasteiger partial charge in [0.15, 0.2) is 11.5 Å². The van der Waals surface area contributed by atoms with Crippen LogP contribution in [0.2, 0.25) is 0 Å². The van der Waals surface area contributed by atoms with Crippen molar-refractivity contribution in [2.45, 2.75) is 19.9 Å². The lowest BCUT2D eigenvalue weighted by atomic mass is 10.1. The van der Waals surface area contributed by atoms with Gasteiger partial charge in [-0.1, -0.05) is 6.07 Å². The summed E-state index contributed by atoms with van der Waals surface area (Å²) < 4.78 is 13.8. The Kier molecular flexibility index (Phi) is 4.66. The summed E-state index contributed by atoms with van der Waals surface area (Å²) in [5.41, 5.74) is 5.55. The molecule has 5 rings (SSSR count). The van der Waals surface area contributed by atoms with E-state index in [9.17, 15) is 0 Å². The van der Waals surface area contributed by atoms with Gasteiger partial charge in [0.2, 0.25) is 0 Å². The molecule has 1 fully saturated rings. The highest BCUT2D eigenvalue weighted by atomic mass is 16.6. The minimum Gasteiger partial charge on any atom is -0.486 e. The normalized spacial score (nSPS) is 17.6. The van der Waals surface area contributed by atoms with Gasteiger partial charge >= 0.3 is 0 Å². The zero-order chi connectivity index (χ0) is 18.9. The summed E-state index contributed by atoms with van der Waals surface area (Å²) in [5, 5.41) is 3.49. The standard InChI is InChI=1S/C22H26N4O2/c1-16-4-2-10-26-18(15-25-9-3-7-23-8-11-25)21(24-22(16)26)17-5-6-19-20(14-17)28-13-12-27-19/h2,4-6,10,14,23H,3,7-9,11-13,15H2,1H3. The van der Waals surface area contributed by atoms with Crippen molar-refractivity contribution in [3.63, 3.8) is 0 Å². The quantitative estimate of drug-likeness (QED) is 0.760. The van der Waals surface area contributed by atoms with E-state index >= 15 is 0 Å². The average molecular weight is 378 g/mol. The predicted octanol–water partition coefficient (Wildman–Crippen LogP) is 2.88. The first-order valence-electron chi connectivity index (χ1n) is 10.1. The number of hydrogen-bond acceptors (Lipinski definition) is 5. The van der Waals surface area contributed by atoms with Crippen molar-refractivity contribution in [2.75, 3.05) is 39.4 Å². The molecule has 0 saturated carbocycles. The summed E-state index contributed by atoms with van der Waals surface area (Å²) in [6.07, 6.45) is 3.30. The van der Waals surface area contributed by atoms with Crippen LogP contribution in [-0.4, -0.2) is 53.7 Å². The number of pyridine rings is 1. The molecule has 1 N–H and O–H groups in total. The molecule has 6 nitrogen and oxygen atoms in total. The third-order valence-corrected chi connectivity index (χ3v) is 5.57. The molecule has 2 aliphatic rings. The van der Waals surface area contributed by atoms with Crippen molar-refractivity contribution >= 4 is 5.65 Å². The molecule has 2 aromatic heterocycles. The summed E-state index contributed by atoms with van der Waals surface area (Å²) >= 11 is 0. The number of aromatic nitrogens is 2. The number of hydrogen-bond donors (Lipinski definition) is 1. The van der Waals surface area contributed by atoms with E-state index < -0.39 is 0 Å². The molecule has 1 saturated heterocycles. The highest BCUT2D eigenvalue weighted by Crippen LogP contribution is 2.36. The smallest absolute Gasteiger partial charge is 0.162 e. The van der Waals surface area contributed by atoms with Crippen molar-refractivity contribution in [1.29, 1.82) is 0 Å². The maximum Gasteiger partial charge on any atom is 0.162 e. The van der Waals surface area contributed by atoms with Crippen molar-refractivity contribution in [1.82, 2.24) is 19.6 Å². The molecule has 146 valence electrons. The summed E-state index contributed by atoms with van der Waals surface area (Å²) in [6.45, 7) is 8.49. The largest absolute Gasteiger partial charge is 0.486 e. The zero-order valence-corrected chi connectivity index (χ0v) is 16.3. The van der Waals surface area contributed by atoms with Gasteiger partial charge in [-0.05, 0) is 56.3 Å². The van der Waals surface area contributed by atoms with E-state index in [1.54, 1.807) is 0 Å². The Hall–Kier alpha value is -2.57. The fourth-order valence-electron chi connectivity index (χ4n) is 4.10. The fourth-order valence-corrected chi connectivity index (χ4v) is 4.10. The van der Waals surface area contributed by atoms with Gasteiger partial charge in [0.1, 0.15) is 18.9 Å². The second kappa shape index (κ2) is 7.45. The van der Waals surface area contributed by atoms with Gasteiger partial charge in [0.25, 0.3) is 0 Å². The molecule has 0 spiro atoms. The molecule has 0 radical (unpaired) electrons. The predicted molar refractivity (Wildman–Crippen MR) is 109 cm³/mol. The van der Waals surface area contributed by atoms with Crippen LogP contribution in [0.1, 0.15) is 17.7 Å². The first kappa shape index (κ1) is 17.5. The molecule has 3 aromatic rings. The van der Waals surface area contributed by atoms with E-state index in [-0.39, 0.29) is 0 Å². The van der Waals surface area contributed by atoms with Gasteiger partial charge in [0, 0.05) is 31.4 Å². The molecule has 1 aromatic carbocycles. The summed E-state index contributed by atoms with van der Waals surface area (Å²) in [4.78, 5) is 7.57. The minimum atomic E-state index is 0.592. The van der Waals surface area contributed by atoms with Crippen LogP contribution in [-0.2, 0) is 6.54 Å². The Morgan fingerprint density at radius 1 is 1.07 bits per heavy atom. The summed E-state index contributed by atoms with van der Waals surface area (Å²) in [6, 6.07) is 10.4. The molecule has 28 heavy (non-hydrogen) atoms. The highest BCUT2D eigenvalue weighted by molar-refractivity contribution is 5.70. The molecule has 0 unspecified atom stereocenters. The first-order valence-corrected chi connectivity index (χ1v) is 10.1. The molecule has 0 aliphatic carbocycles. The van der Waals surface area contributed by atoms with Crippen LogP contribution in [0.5, 0.6) is 11.5 Å². The lowest BCUT2D eigenvalue weighted by molar-refractivity contribution is 0.171. The number of aryl methyl sites for hydroxylation is 1. The monoisotopic (exact) mass is 378 g/mol. The number of rotatable bonds is 3. The number of fused-ring (bicyclic) bond motifs is 2. The second-order valence-electron chi connectivity index (χ2n) is 7.53. The van der Waals surface area contributed by atoms with E-state index in [2.05, 4.69) is 52.0 Å². The molecule has 0 amide bonds. The van der Waals surface area contributed by atoms with Gasteiger partial charge in [-0.3, -0.25) is 4.90 Å². The SMILES string of the molecule is Cc1cccn2c(CN3CCCNCC3)c(-c3ccc4c(c3)OCCO4)nc12. The number of benzene rings is 1. The molecular weight excluding hydrogens is 352 g/mol. The van der Waals surface area contributed by atoms with Crippen LogP contribution in [0.3, 0.4) is 0 Å². The molecule has 6 heteroatoms. The Balaban J connectivity index is 1.60. The number of nitrogens with zero attached hydrogens (tertiary/aromatic N) is 3. The van der Waals surface area contributed by atoms with Gasteiger partial charge in [-0.2, -0.15) is 0 Å². The van der Waals surface area contributed by atoms with Crippen molar-refractivity contribution in [3.8, 4) is 22.8 Å². The maximum absolute atomic E-state index is 5.81. The fraction of sp³-hybridized carbons (Fsp3) is 0.409. The van der Waals surface area contributed by atoms with Gasteiger partial charge in [0.05, 0.1) is 11.4 Å². The van der Waals surface area contributed by atoms with E-state index in [0.717, 1.165) is 61.1 Å². The van der Waals surface area contributed by atoms with Gasteiger partial charge < -0.3 is 19.2 Å². The molecule has 2 aliphatic heterocycles. The van der Waals surface area contributed by atoms with Gasteiger partial charge in [-0.15, -0.1) is 0 Å². The van der Waals surface area contributed by atoms with Crippen LogP contribution in [0.15, 0.2) is 36.5 Å². The van der Waals surface area contributed by atoms with Crippen molar-refractivity contribution in [3.05, 3.63) is 47.8 Å². The van der Waals surface area contributed by atoms with E-state index in [0.29, 0.717) is 13.2 Å². The number of imidazole rings is 1. The van der Waals surface area contributed by atoms with Crippen LogP contribution in [0.4, 0.5) is 0 Å². The Bertz CT molecular complexity index is 990. The van der Waals surface area contributed by atoms with Gasteiger partial charge in [-0.25, -0.2) is 4.98 Å². The second-order valence-corrected chi connectivity index (χ2v) is 7.53. The topological polar surface area (TPSA) is 51.0 Å². The number of nitrogens with one attached hydrogen (secondary N) is 1. The van der Waals surface area contributed by atoms with Crippen LogP contribution in [0.25, 0.3) is 16.9 Å². The molecule has 4 heterocycles. The lowest BCUT2D eigenvalue weighted by Crippen LogP contribution is -2.28. The van der Waals surface area contributed by atoms with E-state index in [4.69, 9.17) is 14.5 Å². The van der Waals surface area contributed by atoms with E-state index in [1.165, 1.54) is 17.7 Å². The van der Waals surface area contributed by atoms with Crippen LogP contribution < -0.4 is 14.8 Å². The molecule has 0 bridgehead atoms. The summed E-state index contributed by atoms with van der Waals surface area (Å²) in [5.74, 6) is 1.62. The lowest BCUT2D eigenvalue weighted by Gasteiger charge is -2.21. The zero-order valence-electron chi connectivity index (χ0n) is 16.3. The van der Waals surface area contributed by atoms with E-state index in [1.807, 2.05) is 6.07 Å².